The van der Waals surface area contributed by atoms with Gasteiger partial charge in [-0.05, 0) is 37.8 Å². The fourth-order valence-electron chi connectivity index (χ4n) is 3.29. The second-order valence-electron chi connectivity index (χ2n) is 6.06. The molecular weight excluding hydrogens is 262 g/mol. The van der Waals surface area contributed by atoms with E-state index in [4.69, 9.17) is 5.11 Å². The highest BCUT2D eigenvalue weighted by Crippen LogP contribution is 2.23. The van der Waals surface area contributed by atoms with E-state index in [2.05, 4.69) is 29.2 Å². The van der Waals surface area contributed by atoms with E-state index in [1.165, 1.54) is 37.7 Å². The quantitative estimate of drug-likeness (QED) is 0.792. The summed E-state index contributed by atoms with van der Waals surface area (Å²) in [4.78, 5) is 13.3. The summed E-state index contributed by atoms with van der Waals surface area (Å²) in [5, 5.41) is 8.94. The van der Waals surface area contributed by atoms with Crippen molar-refractivity contribution in [3.63, 3.8) is 0 Å². The van der Waals surface area contributed by atoms with Crippen molar-refractivity contribution in [2.75, 3.05) is 13.1 Å². The van der Waals surface area contributed by atoms with Gasteiger partial charge in [0.05, 0.1) is 6.42 Å². The molecule has 0 unspecified atom stereocenters. The summed E-state index contributed by atoms with van der Waals surface area (Å²) >= 11 is 0. The number of hydrogen-bond acceptors (Lipinski definition) is 2. The van der Waals surface area contributed by atoms with Crippen molar-refractivity contribution >= 4 is 5.97 Å². The fraction of sp³-hybridized carbons (Fsp3) is 0.611. The van der Waals surface area contributed by atoms with Gasteiger partial charge in [0.15, 0.2) is 0 Å². The van der Waals surface area contributed by atoms with Crippen molar-refractivity contribution in [2.45, 2.75) is 57.4 Å². The number of nitrogens with zero attached hydrogens (tertiary/aromatic N) is 1. The lowest BCUT2D eigenvalue weighted by Crippen LogP contribution is -2.39. The molecule has 0 aliphatic heterocycles. The molecule has 0 amide bonds. The van der Waals surface area contributed by atoms with Crippen LogP contribution in [-0.2, 0) is 11.2 Å². The topological polar surface area (TPSA) is 40.5 Å². The smallest absolute Gasteiger partial charge is 0.304 e. The number of carbonyl (C=O) groups is 1. The highest BCUT2D eigenvalue weighted by atomic mass is 16.4. The molecule has 1 aliphatic rings. The molecule has 0 radical (unpaired) electrons. The third-order valence-electron chi connectivity index (χ3n) is 4.46. The van der Waals surface area contributed by atoms with E-state index in [1.54, 1.807) is 0 Å². The first-order chi connectivity index (χ1) is 10.3. The Bertz CT molecular complexity index is 412. The van der Waals surface area contributed by atoms with Crippen LogP contribution < -0.4 is 0 Å². The lowest BCUT2D eigenvalue weighted by atomic mass is 9.93. The van der Waals surface area contributed by atoms with Crippen LogP contribution in [-0.4, -0.2) is 35.1 Å². The highest BCUT2D eigenvalue weighted by Gasteiger charge is 2.21. The van der Waals surface area contributed by atoms with Gasteiger partial charge < -0.3 is 5.11 Å². The number of carboxylic acid groups (broad SMARTS) is 1. The first-order valence-corrected chi connectivity index (χ1v) is 8.25. The zero-order valence-corrected chi connectivity index (χ0v) is 12.8. The van der Waals surface area contributed by atoms with Crippen LogP contribution in [0.1, 0.15) is 50.5 Å². The van der Waals surface area contributed by atoms with E-state index >= 15 is 0 Å². The van der Waals surface area contributed by atoms with E-state index in [0.29, 0.717) is 12.6 Å². The van der Waals surface area contributed by atoms with Crippen molar-refractivity contribution in [2.24, 2.45) is 0 Å². The van der Waals surface area contributed by atoms with Crippen molar-refractivity contribution in [3.8, 4) is 0 Å². The minimum absolute atomic E-state index is 0.266. The summed E-state index contributed by atoms with van der Waals surface area (Å²) in [7, 11) is 0. The van der Waals surface area contributed by atoms with Crippen LogP contribution in [0.5, 0.6) is 0 Å². The molecule has 116 valence electrons. The average molecular weight is 289 g/mol. The molecule has 3 heteroatoms. The molecule has 21 heavy (non-hydrogen) atoms. The molecule has 0 atom stereocenters. The van der Waals surface area contributed by atoms with E-state index in [9.17, 15) is 4.79 Å². The average Bonchev–Trinajstić information content (AvgIpc) is 2.52. The highest BCUT2D eigenvalue weighted by molar-refractivity contribution is 5.66. The number of aryl methyl sites for hydroxylation is 1. The molecular formula is C18H27NO2. The first kappa shape index (κ1) is 16.0. The number of hydrogen-bond donors (Lipinski definition) is 1. The molecule has 0 heterocycles. The maximum absolute atomic E-state index is 10.9. The lowest BCUT2D eigenvalue weighted by Gasteiger charge is -2.34. The number of rotatable bonds is 8. The second kappa shape index (κ2) is 8.83. The largest absolute Gasteiger partial charge is 0.481 e. The van der Waals surface area contributed by atoms with Gasteiger partial charge in [0.25, 0.3) is 0 Å². The van der Waals surface area contributed by atoms with Gasteiger partial charge in [0, 0.05) is 12.6 Å². The van der Waals surface area contributed by atoms with Crippen LogP contribution in [0.25, 0.3) is 0 Å². The summed E-state index contributed by atoms with van der Waals surface area (Å²) in [6.07, 6.45) is 8.88. The maximum atomic E-state index is 10.9. The molecule has 1 saturated carbocycles. The molecule has 3 nitrogen and oxygen atoms in total. The zero-order chi connectivity index (χ0) is 14.9. The lowest BCUT2D eigenvalue weighted by molar-refractivity contribution is -0.137. The van der Waals surface area contributed by atoms with Gasteiger partial charge in [-0.15, -0.1) is 0 Å². The van der Waals surface area contributed by atoms with Crippen LogP contribution in [0.2, 0.25) is 0 Å². The summed E-state index contributed by atoms with van der Waals surface area (Å²) in [6.45, 7) is 1.72. The van der Waals surface area contributed by atoms with Crippen LogP contribution in [0, 0.1) is 0 Å². The van der Waals surface area contributed by atoms with Crippen molar-refractivity contribution < 1.29 is 9.90 Å². The third-order valence-corrected chi connectivity index (χ3v) is 4.46. The zero-order valence-electron chi connectivity index (χ0n) is 12.8. The van der Waals surface area contributed by atoms with Crippen LogP contribution in [0.15, 0.2) is 30.3 Å². The SMILES string of the molecule is O=C(O)CCN(CCCc1ccccc1)C1CCCCC1. The standard InChI is InChI=1S/C18H27NO2/c20-18(21)13-15-19(17-11-5-2-6-12-17)14-7-10-16-8-3-1-4-9-16/h1,3-4,8-9,17H,2,5-7,10-15H2,(H,20,21). The Kier molecular flexibility index (Phi) is 6.74. The predicted octanol–water partition coefficient (Wildman–Crippen LogP) is 3.73. The summed E-state index contributed by atoms with van der Waals surface area (Å²) in [5.74, 6) is -0.682. The van der Waals surface area contributed by atoms with Crippen molar-refractivity contribution in [3.05, 3.63) is 35.9 Å². The summed E-state index contributed by atoms with van der Waals surface area (Å²) in [6, 6.07) is 11.2. The van der Waals surface area contributed by atoms with E-state index < -0.39 is 5.97 Å². The van der Waals surface area contributed by atoms with Crippen LogP contribution in [0.3, 0.4) is 0 Å². The van der Waals surface area contributed by atoms with Gasteiger partial charge in [0.2, 0.25) is 0 Å². The molecule has 0 saturated heterocycles. The second-order valence-corrected chi connectivity index (χ2v) is 6.06. The minimum Gasteiger partial charge on any atom is -0.481 e. The van der Waals surface area contributed by atoms with Crippen molar-refractivity contribution in [1.29, 1.82) is 0 Å². The normalized spacial score (nSPS) is 16.2. The third kappa shape index (κ3) is 5.88. The molecule has 2 rings (SSSR count). The Morgan fingerprint density at radius 3 is 2.48 bits per heavy atom. The number of carboxylic acids is 1. The molecule has 1 aliphatic carbocycles. The summed E-state index contributed by atoms with van der Waals surface area (Å²) < 4.78 is 0. The molecule has 0 bridgehead atoms. The van der Waals surface area contributed by atoms with Crippen molar-refractivity contribution in [1.82, 2.24) is 4.90 Å². The van der Waals surface area contributed by atoms with E-state index in [-0.39, 0.29) is 6.42 Å². The van der Waals surface area contributed by atoms with Crippen LogP contribution in [0.4, 0.5) is 0 Å². The monoisotopic (exact) mass is 289 g/mol. The Morgan fingerprint density at radius 2 is 1.81 bits per heavy atom. The molecule has 1 fully saturated rings. The Morgan fingerprint density at radius 1 is 1.10 bits per heavy atom. The molecule has 0 spiro atoms. The molecule has 1 aromatic carbocycles. The Hall–Kier alpha value is -1.35. The molecule has 1 aromatic rings. The minimum atomic E-state index is -0.682. The van der Waals surface area contributed by atoms with Gasteiger partial charge in [-0.25, -0.2) is 0 Å². The predicted molar refractivity (Wildman–Crippen MR) is 85.5 cm³/mol. The fourth-order valence-corrected chi connectivity index (χ4v) is 3.29. The van der Waals surface area contributed by atoms with Gasteiger partial charge in [-0.1, -0.05) is 49.6 Å². The van der Waals surface area contributed by atoms with Gasteiger partial charge in [0.1, 0.15) is 0 Å². The molecule has 0 aromatic heterocycles. The summed E-state index contributed by atoms with van der Waals surface area (Å²) in [5.41, 5.74) is 1.37. The van der Waals surface area contributed by atoms with Crippen LogP contribution >= 0.6 is 0 Å². The van der Waals surface area contributed by atoms with E-state index in [0.717, 1.165) is 19.4 Å². The number of benzene rings is 1. The number of aliphatic carboxylic acids is 1. The Balaban J connectivity index is 1.81. The first-order valence-electron chi connectivity index (χ1n) is 8.25. The van der Waals surface area contributed by atoms with Gasteiger partial charge >= 0.3 is 5.97 Å². The maximum Gasteiger partial charge on any atom is 0.304 e. The molecule has 1 N–H and O–H groups in total. The Labute approximate surface area is 128 Å². The van der Waals surface area contributed by atoms with Gasteiger partial charge in [-0.2, -0.15) is 0 Å². The van der Waals surface area contributed by atoms with E-state index in [1.807, 2.05) is 6.07 Å². The van der Waals surface area contributed by atoms with Gasteiger partial charge in [-0.3, -0.25) is 9.69 Å².